The number of anilines is 2. The van der Waals surface area contributed by atoms with Gasteiger partial charge < -0.3 is 21.1 Å². The van der Waals surface area contributed by atoms with Gasteiger partial charge in [0.05, 0.1) is 17.0 Å². The lowest BCUT2D eigenvalue weighted by Crippen LogP contribution is -2.17. The fraction of sp³-hybridized carbons (Fsp3) is 0.120. The van der Waals surface area contributed by atoms with Crippen LogP contribution >= 0.6 is 0 Å². The van der Waals surface area contributed by atoms with Crippen LogP contribution in [0, 0.1) is 5.92 Å². The number of aromatic nitrogens is 1. The van der Waals surface area contributed by atoms with E-state index in [1.807, 2.05) is 80.6 Å². The monoisotopic (exact) mass is 412 g/mol. The molecule has 1 amide bonds. The maximum absolute atomic E-state index is 11.9. The van der Waals surface area contributed by atoms with Crippen molar-refractivity contribution in [1.29, 1.82) is 0 Å². The maximum Gasteiger partial charge on any atom is 0.226 e. The highest BCUT2D eigenvalue weighted by molar-refractivity contribution is 6.22. The van der Waals surface area contributed by atoms with Crippen LogP contribution in [0.25, 0.3) is 10.9 Å². The predicted octanol–water partition coefficient (Wildman–Crippen LogP) is 5.22. The van der Waals surface area contributed by atoms with E-state index in [1.54, 1.807) is 6.07 Å². The van der Waals surface area contributed by atoms with E-state index in [2.05, 4.69) is 10.3 Å². The number of fused-ring (bicyclic) bond motifs is 1. The number of nitrogens with zero attached hydrogens (tertiary/aromatic N) is 1. The van der Waals surface area contributed by atoms with Crippen LogP contribution in [0.15, 0.2) is 77.8 Å². The van der Waals surface area contributed by atoms with Crippen LogP contribution in [-0.4, -0.2) is 21.7 Å². The number of H-pyrrole nitrogens is 1. The van der Waals surface area contributed by atoms with Crippen LogP contribution < -0.4 is 11.1 Å². The largest absolute Gasteiger partial charge is 0.494 e. The molecule has 0 aliphatic rings. The average molecular weight is 412 g/mol. The molecule has 0 bridgehead atoms. The van der Waals surface area contributed by atoms with E-state index in [4.69, 9.17) is 10.7 Å². The Morgan fingerprint density at radius 3 is 2.42 bits per heavy atom. The summed E-state index contributed by atoms with van der Waals surface area (Å²) in [5.41, 5.74) is 10.8. The molecule has 0 unspecified atom stereocenters. The molecule has 0 radical (unpaired) electrons. The normalized spacial score (nSPS) is 11.8. The summed E-state index contributed by atoms with van der Waals surface area (Å²) in [5.74, 6) is -0.105. The number of aromatic hydroxyl groups is 1. The van der Waals surface area contributed by atoms with Crippen molar-refractivity contribution in [3.05, 3.63) is 83.9 Å². The maximum atomic E-state index is 11.9. The highest BCUT2D eigenvalue weighted by atomic mass is 16.3. The van der Waals surface area contributed by atoms with Crippen molar-refractivity contribution in [2.75, 3.05) is 11.1 Å². The quantitative estimate of drug-likeness (QED) is 0.267. The van der Waals surface area contributed by atoms with Crippen LogP contribution in [0.1, 0.15) is 25.0 Å². The summed E-state index contributed by atoms with van der Waals surface area (Å²) in [5, 5.41) is 14.4. The van der Waals surface area contributed by atoms with Crippen molar-refractivity contribution in [3.8, 4) is 5.88 Å². The highest BCUT2D eigenvalue weighted by Crippen LogP contribution is 2.32. The molecule has 5 N–H and O–H groups in total. The van der Waals surface area contributed by atoms with Gasteiger partial charge in [-0.15, -0.1) is 0 Å². The summed E-state index contributed by atoms with van der Waals surface area (Å²) >= 11 is 0. The molecule has 1 aromatic heterocycles. The number of hydrogen-bond donors (Lipinski definition) is 4. The third-order valence-electron chi connectivity index (χ3n) is 4.99. The zero-order valence-corrected chi connectivity index (χ0v) is 17.4. The minimum atomic E-state index is -0.0975. The van der Waals surface area contributed by atoms with E-state index in [1.165, 1.54) is 0 Å². The third-order valence-corrected chi connectivity index (χ3v) is 4.99. The van der Waals surface area contributed by atoms with Gasteiger partial charge in [-0.3, -0.25) is 4.79 Å². The molecule has 4 aromatic rings. The second-order valence-corrected chi connectivity index (χ2v) is 7.67. The first kappa shape index (κ1) is 20.2. The minimum Gasteiger partial charge on any atom is -0.494 e. The Labute approximate surface area is 180 Å². The van der Waals surface area contributed by atoms with Gasteiger partial charge in [-0.25, -0.2) is 4.99 Å². The minimum absolute atomic E-state index is 0.0315. The molecule has 1 heterocycles. The number of rotatable bonds is 5. The van der Waals surface area contributed by atoms with Crippen LogP contribution in [0.5, 0.6) is 5.88 Å². The number of carbonyl (C=O) groups excluding carboxylic acids is 1. The molecule has 0 saturated heterocycles. The van der Waals surface area contributed by atoms with Gasteiger partial charge >= 0.3 is 0 Å². The number of nitrogen functional groups attached to an aromatic ring is 1. The van der Waals surface area contributed by atoms with Gasteiger partial charge in [-0.05, 0) is 42.5 Å². The zero-order chi connectivity index (χ0) is 22.0. The van der Waals surface area contributed by atoms with Gasteiger partial charge in [0.2, 0.25) is 5.91 Å². The lowest BCUT2D eigenvalue weighted by atomic mass is 10.0. The molecule has 3 aromatic carbocycles. The molecule has 4 rings (SSSR count). The summed E-state index contributed by atoms with van der Waals surface area (Å²) in [6.07, 6.45) is 0. The smallest absolute Gasteiger partial charge is 0.226 e. The summed E-state index contributed by atoms with van der Waals surface area (Å²) in [6, 6.07) is 22.4. The van der Waals surface area contributed by atoms with E-state index < -0.39 is 0 Å². The molecule has 6 nitrogen and oxygen atoms in total. The van der Waals surface area contributed by atoms with Gasteiger partial charge in [-0.2, -0.15) is 0 Å². The fourth-order valence-corrected chi connectivity index (χ4v) is 3.33. The lowest BCUT2D eigenvalue weighted by Gasteiger charge is -2.10. The number of benzene rings is 3. The summed E-state index contributed by atoms with van der Waals surface area (Å²) < 4.78 is 0. The van der Waals surface area contributed by atoms with Gasteiger partial charge in [0.15, 0.2) is 5.88 Å². The number of aromatic amines is 1. The molecule has 0 aliphatic heterocycles. The Kier molecular flexibility index (Phi) is 5.45. The molecule has 0 spiro atoms. The number of aliphatic imine (C=N–C) groups is 1. The fourth-order valence-electron chi connectivity index (χ4n) is 3.33. The standard InChI is InChI=1S/C25H24N4O2/c1-15(2)24(30)28-19-11-9-18(10-12-19)27-23(16-6-4-3-5-7-16)22-20-14-17(26)8-13-21(20)29-25(22)31/h3-15,29,31H,26H2,1-2H3,(H,28,30). The van der Waals surface area contributed by atoms with Gasteiger partial charge in [0.1, 0.15) is 0 Å². The second-order valence-electron chi connectivity index (χ2n) is 7.67. The van der Waals surface area contributed by atoms with Crippen molar-refractivity contribution in [3.63, 3.8) is 0 Å². The first-order valence-corrected chi connectivity index (χ1v) is 10.1. The molecule has 31 heavy (non-hydrogen) atoms. The number of carbonyl (C=O) groups is 1. The first-order valence-electron chi connectivity index (χ1n) is 10.1. The molecule has 0 fully saturated rings. The van der Waals surface area contributed by atoms with Gasteiger partial charge in [0, 0.05) is 33.8 Å². The Balaban J connectivity index is 1.81. The third kappa shape index (κ3) is 4.28. The van der Waals surface area contributed by atoms with Crippen LogP contribution in [-0.2, 0) is 4.79 Å². The number of nitrogens with two attached hydrogens (primary N) is 1. The highest BCUT2D eigenvalue weighted by Gasteiger charge is 2.19. The van der Waals surface area contributed by atoms with Crippen LogP contribution in [0.2, 0.25) is 0 Å². The molecule has 0 saturated carbocycles. The predicted molar refractivity (Wildman–Crippen MR) is 126 cm³/mol. The summed E-state index contributed by atoms with van der Waals surface area (Å²) in [6.45, 7) is 3.70. The molecular weight excluding hydrogens is 388 g/mol. The Bertz CT molecular complexity index is 1260. The van der Waals surface area contributed by atoms with Crippen LogP contribution in [0.4, 0.5) is 17.1 Å². The van der Waals surface area contributed by atoms with Crippen molar-refractivity contribution in [2.45, 2.75) is 13.8 Å². The van der Waals surface area contributed by atoms with E-state index in [0.717, 1.165) is 16.5 Å². The molecule has 0 atom stereocenters. The number of amides is 1. The van der Waals surface area contributed by atoms with E-state index in [0.29, 0.717) is 28.3 Å². The molecule has 6 heteroatoms. The number of nitrogens with one attached hydrogen (secondary N) is 2. The van der Waals surface area contributed by atoms with Gasteiger partial charge in [-0.1, -0.05) is 44.2 Å². The molecule has 156 valence electrons. The zero-order valence-electron chi connectivity index (χ0n) is 17.4. The number of hydrogen-bond acceptors (Lipinski definition) is 4. The lowest BCUT2D eigenvalue weighted by molar-refractivity contribution is -0.118. The van der Waals surface area contributed by atoms with Gasteiger partial charge in [0.25, 0.3) is 0 Å². The SMILES string of the molecule is CC(C)C(=O)Nc1ccc(N=C(c2ccccc2)c2c(O)[nH]c3ccc(N)cc23)cc1. The Morgan fingerprint density at radius 1 is 1.03 bits per heavy atom. The Morgan fingerprint density at radius 2 is 1.74 bits per heavy atom. The molecular formula is C25H24N4O2. The van der Waals surface area contributed by atoms with E-state index in [-0.39, 0.29) is 17.7 Å². The topological polar surface area (TPSA) is 103 Å². The first-order chi connectivity index (χ1) is 14.9. The van der Waals surface area contributed by atoms with Crippen molar-refractivity contribution >= 4 is 39.6 Å². The van der Waals surface area contributed by atoms with E-state index in [9.17, 15) is 9.90 Å². The average Bonchev–Trinajstić information content (AvgIpc) is 3.08. The van der Waals surface area contributed by atoms with Crippen molar-refractivity contribution < 1.29 is 9.90 Å². The summed E-state index contributed by atoms with van der Waals surface area (Å²) in [4.78, 5) is 19.8. The Hall–Kier alpha value is -4.06. The molecule has 0 aliphatic carbocycles. The second kappa shape index (κ2) is 8.36. The van der Waals surface area contributed by atoms with Crippen molar-refractivity contribution in [1.82, 2.24) is 4.98 Å². The van der Waals surface area contributed by atoms with E-state index >= 15 is 0 Å². The van der Waals surface area contributed by atoms with Crippen LogP contribution in [0.3, 0.4) is 0 Å². The summed E-state index contributed by atoms with van der Waals surface area (Å²) in [7, 11) is 0. The van der Waals surface area contributed by atoms with Crippen molar-refractivity contribution in [2.24, 2.45) is 10.9 Å².